The van der Waals surface area contributed by atoms with Crippen LogP contribution in [0.1, 0.15) is 31.9 Å². The summed E-state index contributed by atoms with van der Waals surface area (Å²) in [5, 5.41) is 4.62. The average Bonchev–Trinajstić information content (AvgIpc) is 3.03. The number of rotatable bonds is 2. The first-order chi connectivity index (χ1) is 12.9. The van der Waals surface area contributed by atoms with E-state index in [1.165, 1.54) is 16.8 Å². The van der Waals surface area contributed by atoms with Crippen molar-refractivity contribution in [3.63, 3.8) is 0 Å². The van der Waals surface area contributed by atoms with Gasteiger partial charge >= 0.3 is 6.09 Å². The molecule has 0 aliphatic carbocycles. The van der Waals surface area contributed by atoms with Gasteiger partial charge in [-0.25, -0.2) is 4.79 Å². The summed E-state index contributed by atoms with van der Waals surface area (Å²) in [4.78, 5) is 12.4. The molecule has 0 spiro atoms. The molecule has 1 aliphatic heterocycles. The third-order valence-electron chi connectivity index (χ3n) is 4.61. The highest BCUT2D eigenvalue weighted by Gasteiger charge is 2.20. The average molecular weight is 358 g/mol. The van der Waals surface area contributed by atoms with E-state index in [1.54, 1.807) is 10.8 Å². The summed E-state index contributed by atoms with van der Waals surface area (Å²) in [5.74, 6) is 2.21. The van der Waals surface area contributed by atoms with Gasteiger partial charge in [0.2, 0.25) is 0 Å². The van der Waals surface area contributed by atoms with Gasteiger partial charge in [0.05, 0.1) is 5.52 Å². The van der Waals surface area contributed by atoms with E-state index < -0.39 is 5.60 Å². The highest BCUT2D eigenvalue weighted by atomic mass is 16.6. The molecule has 0 fully saturated rings. The zero-order valence-electron chi connectivity index (χ0n) is 15.9. The number of nitrogens with zero attached hydrogens (tertiary/aromatic N) is 1. The summed E-state index contributed by atoms with van der Waals surface area (Å²) < 4.78 is 7.05. The van der Waals surface area contributed by atoms with E-state index in [9.17, 15) is 4.79 Å². The zero-order valence-corrected chi connectivity index (χ0v) is 15.9. The lowest BCUT2D eigenvalue weighted by atomic mass is 9.56. The molecule has 4 rings (SSSR count). The number of carbonyl (C=O) groups excluding carboxylic acids is 1. The predicted molar refractivity (Wildman–Crippen MR) is 112 cm³/mol. The van der Waals surface area contributed by atoms with E-state index >= 15 is 0 Å². The summed E-state index contributed by atoms with van der Waals surface area (Å²) in [5.41, 5.74) is 3.97. The van der Waals surface area contributed by atoms with Crippen LogP contribution in [0.2, 0.25) is 0 Å². The third-order valence-corrected chi connectivity index (χ3v) is 4.61. The molecule has 0 radical (unpaired) electrons. The first-order valence-corrected chi connectivity index (χ1v) is 9.26. The molecule has 0 amide bonds. The minimum atomic E-state index is -0.511. The van der Waals surface area contributed by atoms with Gasteiger partial charge in [-0.05, 0) is 50.9 Å². The van der Waals surface area contributed by atoms with Crippen molar-refractivity contribution in [3.05, 3.63) is 71.8 Å². The van der Waals surface area contributed by atoms with E-state index in [4.69, 9.17) is 4.74 Å². The molecule has 2 aromatic carbocycles. The number of hydrogen-bond donors (Lipinski definition) is 1. The fourth-order valence-electron chi connectivity index (χ4n) is 3.40. The quantitative estimate of drug-likeness (QED) is 0.642. The lowest BCUT2D eigenvalue weighted by Crippen LogP contribution is -2.28. The lowest BCUT2D eigenvalue weighted by molar-refractivity contribution is 0.0544. The molecule has 1 N–H and O–H groups in total. The Bertz CT molecular complexity index is 1030. The van der Waals surface area contributed by atoms with Crippen molar-refractivity contribution < 1.29 is 9.53 Å². The smallest absolute Gasteiger partial charge is 0.418 e. The van der Waals surface area contributed by atoms with E-state index in [2.05, 4.69) is 47.6 Å². The number of ether oxygens (including phenoxy) is 1. The Hall–Kier alpha value is -2.95. The van der Waals surface area contributed by atoms with Crippen molar-refractivity contribution >= 4 is 35.6 Å². The van der Waals surface area contributed by atoms with Crippen LogP contribution in [0.4, 0.5) is 10.5 Å². The van der Waals surface area contributed by atoms with Crippen LogP contribution in [0.3, 0.4) is 0 Å². The molecule has 0 saturated carbocycles. The van der Waals surface area contributed by atoms with Crippen LogP contribution in [-0.2, 0) is 11.1 Å². The summed E-state index contributed by atoms with van der Waals surface area (Å²) >= 11 is 0. The molecular formula is C22H23BN2O2. The molecule has 0 saturated heterocycles. The lowest BCUT2D eigenvalue weighted by Gasteiger charge is -2.20. The Morgan fingerprint density at radius 3 is 2.78 bits per heavy atom. The van der Waals surface area contributed by atoms with Crippen molar-refractivity contribution in [2.75, 3.05) is 5.23 Å². The molecule has 3 aromatic rings. The molecule has 5 heteroatoms. The van der Waals surface area contributed by atoms with E-state index in [1.807, 2.05) is 39.0 Å². The number of nitrogens with one attached hydrogen (secondary N) is 1. The monoisotopic (exact) mass is 358 g/mol. The fourth-order valence-corrected chi connectivity index (χ4v) is 3.40. The van der Waals surface area contributed by atoms with Crippen LogP contribution in [-0.4, -0.2) is 23.1 Å². The van der Waals surface area contributed by atoms with Crippen LogP contribution in [0.5, 0.6) is 0 Å². The van der Waals surface area contributed by atoms with E-state index in [0.717, 1.165) is 17.2 Å². The second-order valence-corrected chi connectivity index (χ2v) is 7.96. The van der Waals surface area contributed by atoms with Gasteiger partial charge in [-0.3, -0.25) is 4.57 Å². The van der Waals surface area contributed by atoms with Gasteiger partial charge in [0, 0.05) is 17.3 Å². The third kappa shape index (κ3) is 3.77. The molecule has 2 heterocycles. The number of aromatic nitrogens is 1. The van der Waals surface area contributed by atoms with Gasteiger partial charge in [0.1, 0.15) is 5.60 Å². The van der Waals surface area contributed by atoms with Crippen molar-refractivity contribution in [3.8, 4) is 0 Å². The molecule has 4 nitrogen and oxygen atoms in total. The largest absolute Gasteiger partial charge is 0.443 e. The second kappa shape index (κ2) is 6.65. The van der Waals surface area contributed by atoms with Gasteiger partial charge in [-0.2, -0.15) is 0 Å². The van der Waals surface area contributed by atoms with Crippen molar-refractivity contribution in [2.24, 2.45) is 0 Å². The molecule has 136 valence electrons. The summed E-state index contributed by atoms with van der Waals surface area (Å²) in [6, 6.07) is 16.5. The van der Waals surface area contributed by atoms with Crippen LogP contribution in [0.15, 0.2) is 60.7 Å². The van der Waals surface area contributed by atoms with Gasteiger partial charge in [0.15, 0.2) is 0 Å². The maximum Gasteiger partial charge on any atom is 0.418 e. The molecule has 1 aromatic heterocycles. The number of para-hydroxylation sites is 1. The van der Waals surface area contributed by atoms with Gasteiger partial charge < -0.3 is 9.96 Å². The number of hydrogen-bond acceptors (Lipinski definition) is 3. The first-order valence-electron chi connectivity index (χ1n) is 9.26. The van der Waals surface area contributed by atoms with E-state index in [-0.39, 0.29) is 12.9 Å². The van der Waals surface area contributed by atoms with Crippen molar-refractivity contribution in [1.29, 1.82) is 0 Å². The first kappa shape index (κ1) is 17.5. The zero-order chi connectivity index (χ0) is 19.0. The van der Waals surface area contributed by atoms with Gasteiger partial charge in [0.25, 0.3) is 6.85 Å². The minimum Gasteiger partial charge on any atom is -0.443 e. The van der Waals surface area contributed by atoms with Crippen LogP contribution >= 0.6 is 0 Å². The Kier molecular flexibility index (Phi) is 4.30. The number of anilines is 1. The Balaban J connectivity index is 1.53. The fraction of sp³-hybridized carbons (Fsp3) is 0.227. The Morgan fingerprint density at radius 2 is 1.96 bits per heavy atom. The maximum absolute atomic E-state index is 12.4. The van der Waals surface area contributed by atoms with Crippen LogP contribution in [0.25, 0.3) is 17.0 Å². The highest BCUT2D eigenvalue weighted by molar-refractivity contribution is 6.68. The topological polar surface area (TPSA) is 43.3 Å². The molecule has 27 heavy (non-hydrogen) atoms. The summed E-state index contributed by atoms with van der Waals surface area (Å²) in [6.45, 7) is 5.87. The number of benzene rings is 2. The Labute approximate surface area is 159 Å². The highest BCUT2D eigenvalue weighted by Crippen LogP contribution is 2.24. The van der Waals surface area contributed by atoms with Gasteiger partial charge in [-0.1, -0.05) is 47.9 Å². The summed E-state index contributed by atoms with van der Waals surface area (Å²) in [6.07, 6.45) is 4.49. The molecule has 0 atom stereocenters. The van der Waals surface area contributed by atoms with Crippen molar-refractivity contribution in [2.45, 2.75) is 32.7 Å². The number of fused-ring (bicyclic) bond motifs is 2. The molecule has 0 unspecified atom stereocenters. The Morgan fingerprint density at radius 1 is 1.15 bits per heavy atom. The molecule has 1 aliphatic rings. The van der Waals surface area contributed by atoms with Crippen LogP contribution < -0.4 is 5.23 Å². The standard InChI is InChI=1S/C22H23BN2O2/c1-22(2,3)27-21(26)25-13-11-18-14-16(8-9-20(18)25)15-23-12-10-17-6-4-5-7-19(17)24-23/h4-14,24H,15H2,1-3H3. The molecular weight excluding hydrogens is 335 g/mol. The normalized spacial score (nSPS) is 13.4. The number of carbonyl (C=O) groups is 1. The SMILES string of the molecule is CC(C)(C)OC(=O)n1ccc2cc(CB3C=Cc4ccccc4N3)ccc21. The minimum absolute atomic E-state index is 0.255. The molecule has 0 bridgehead atoms. The van der Waals surface area contributed by atoms with Crippen molar-refractivity contribution in [1.82, 2.24) is 4.57 Å². The maximum atomic E-state index is 12.4. The predicted octanol–water partition coefficient (Wildman–Crippen LogP) is 5.18. The summed E-state index contributed by atoms with van der Waals surface area (Å²) in [7, 11) is 0. The van der Waals surface area contributed by atoms with Crippen LogP contribution in [0, 0.1) is 0 Å². The van der Waals surface area contributed by atoms with Gasteiger partial charge in [-0.15, -0.1) is 0 Å². The second-order valence-electron chi connectivity index (χ2n) is 7.96. The van der Waals surface area contributed by atoms with E-state index in [0.29, 0.717) is 0 Å².